The molecule has 0 bridgehead atoms. The molecule has 2 saturated heterocycles. The molecule has 156 valence electrons. The van der Waals surface area contributed by atoms with Gasteiger partial charge < -0.3 is 9.64 Å². The van der Waals surface area contributed by atoms with Gasteiger partial charge in [0, 0.05) is 23.0 Å². The van der Waals surface area contributed by atoms with E-state index in [0.717, 1.165) is 18.4 Å². The quantitative estimate of drug-likeness (QED) is 0.503. The van der Waals surface area contributed by atoms with Gasteiger partial charge in [0.1, 0.15) is 5.54 Å². The molecule has 0 spiro atoms. The molecule has 2 heterocycles. The predicted molar refractivity (Wildman–Crippen MR) is 114 cm³/mol. The highest BCUT2D eigenvalue weighted by molar-refractivity contribution is 6.35. The van der Waals surface area contributed by atoms with E-state index in [2.05, 4.69) is 0 Å². The van der Waals surface area contributed by atoms with Crippen LogP contribution >= 0.6 is 23.2 Å². The molecule has 0 N–H and O–H groups in total. The molecule has 2 fully saturated rings. The molecule has 2 aliphatic rings. The summed E-state index contributed by atoms with van der Waals surface area (Å²) < 4.78 is 4.73. The lowest BCUT2D eigenvalue weighted by Gasteiger charge is -2.39. The molecule has 0 aromatic heterocycles. The Labute approximate surface area is 184 Å². The fourth-order valence-electron chi connectivity index (χ4n) is 4.32. The Balaban J connectivity index is 1.70. The van der Waals surface area contributed by atoms with Crippen LogP contribution in [0, 0.1) is 0 Å². The predicted octanol–water partition coefficient (Wildman–Crippen LogP) is 4.71. The molecular formula is C22H20Cl2N2O4. The summed E-state index contributed by atoms with van der Waals surface area (Å²) in [5.41, 5.74) is 0.707. The number of methoxy groups -OCH3 is 1. The van der Waals surface area contributed by atoms with E-state index in [1.807, 2.05) is 0 Å². The molecule has 0 aliphatic carbocycles. The molecule has 6 nitrogen and oxygen atoms in total. The number of fused-ring (bicyclic) bond motifs is 1. The number of amides is 3. The molecular weight excluding hydrogens is 427 g/mol. The van der Waals surface area contributed by atoms with Gasteiger partial charge in [0.2, 0.25) is 0 Å². The van der Waals surface area contributed by atoms with Gasteiger partial charge in [-0.3, -0.25) is 4.79 Å². The van der Waals surface area contributed by atoms with Crippen LogP contribution in [0.4, 0.5) is 10.5 Å². The summed E-state index contributed by atoms with van der Waals surface area (Å²) >= 11 is 12.2. The van der Waals surface area contributed by atoms with Gasteiger partial charge in [0.25, 0.3) is 5.91 Å². The van der Waals surface area contributed by atoms with Crippen molar-refractivity contribution in [2.24, 2.45) is 0 Å². The van der Waals surface area contributed by atoms with Crippen molar-refractivity contribution < 1.29 is 19.1 Å². The molecule has 3 amide bonds. The number of ether oxygens (including phenoxy) is 1. The number of carbonyl (C=O) groups is 3. The Morgan fingerprint density at radius 1 is 1.07 bits per heavy atom. The zero-order valence-electron chi connectivity index (χ0n) is 16.4. The summed E-state index contributed by atoms with van der Waals surface area (Å²) in [6.07, 6.45) is 2.62. The second kappa shape index (κ2) is 7.93. The SMILES string of the molecule is COC(=O)c1ccc(CC23CCCCN2C(=O)N(c2cc(Cl)cc(Cl)c2)C3=O)cc1. The fourth-order valence-corrected chi connectivity index (χ4v) is 4.84. The first kappa shape index (κ1) is 20.7. The van der Waals surface area contributed by atoms with Crippen molar-refractivity contribution in [3.05, 3.63) is 63.6 Å². The lowest BCUT2D eigenvalue weighted by molar-refractivity contribution is -0.126. The number of imide groups is 1. The van der Waals surface area contributed by atoms with Gasteiger partial charge in [-0.1, -0.05) is 35.3 Å². The van der Waals surface area contributed by atoms with Gasteiger partial charge >= 0.3 is 12.0 Å². The number of nitrogens with zero attached hydrogens (tertiary/aromatic N) is 2. The number of urea groups is 1. The number of carbonyl (C=O) groups excluding carboxylic acids is 3. The van der Waals surface area contributed by atoms with Crippen molar-refractivity contribution in [2.75, 3.05) is 18.6 Å². The molecule has 2 aromatic carbocycles. The fraction of sp³-hybridized carbons (Fsp3) is 0.318. The van der Waals surface area contributed by atoms with E-state index in [1.54, 1.807) is 47.4 Å². The van der Waals surface area contributed by atoms with Crippen LogP contribution in [0.1, 0.15) is 35.2 Å². The number of hydrogen-bond donors (Lipinski definition) is 0. The van der Waals surface area contributed by atoms with Crippen LogP contribution < -0.4 is 4.90 Å². The van der Waals surface area contributed by atoms with Gasteiger partial charge in [-0.05, 0) is 55.2 Å². The molecule has 1 atom stereocenters. The van der Waals surface area contributed by atoms with Crippen LogP contribution in [0.5, 0.6) is 0 Å². The monoisotopic (exact) mass is 446 g/mol. The highest BCUT2D eigenvalue weighted by Crippen LogP contribution is 2.42. The minimum Gasteiger partial charge on any atom is -0.465 e. The van der Waals surface area contributed by atoms with Gasteiger partial charge in [-0.25, -0.2) is 14.5 Å². The Morgan fingerprint density at radius 2 is 1.73 bits per heavy atom. The van der Waals surface area contributed by atoms with E-state index in [-0.39, 0.29) is 11.9 Å². The molecule has 0 saturated carbocycles. The number of benzene rings is 2. The molecule has 1 unspecified atom stereocenters. The highest BCUT2D eigenvalue weighted by Gasteiger charge is 2.58. The number of halogens is 2. The van der Waals surface area contributed by atoms with Crippen LogP contribution in [0.2, 0.25) is 10.0 Å². The van der Waals surface area contributed by atoms with E-state index in [0.29, 0.717) is 40.7 Å². The van der Waals surface area contributed by atoms with Crippen molar-refractivity contribution in [3.8, 4) is 0 Å². The molecule has 8 heteroatoms. The van der Waals surface area contributed by atoms with Crippen molar-refractivity contribution in [2.45, 2.75) is 31.2 Å². The molecule has 2 aliphatic heterocycles. The average molecular weight is 447 g/mol. The molecule has 4 rings (SSSR count). The zero-order valence-corrected chi connectivity index (χ0v) is 17.9. The summed E-state index contributed by atoms with van der Waals surface area (Å²) in [6, 6.07) is 11.3. The van der Waals surface area contributed by atoms with E-state index in [1.165, 1.54) is 12.0 Å². The lowest BCUT2D eigenvalue weighted by Crippen LogP contribution is -2.54. The standard InChI is InChI=1S/C22H20Cl2N2O4/c1-30-19(27)15-6-4-14(5-7-15)13-22-8-2-3-9-25(22)21(29)26(20(22)28)18-11-16(23)10-17(24)12-18/h4-7,10-12H,2-3,8-9,13H2,1H3. The molecule has 30 heavy (non-hydrogen) atoms. The summed E-state index contributed by atoms with van der Waals surface area (Å²) in [5.74, 6) is -0.697. The van der Waals surface area contributed by atoms with Crippen LogP contribution in [0.25, 0.3) is 0 Å². The minimum atomic E-state index is -0.961. The maximum absolute atomic E-state index is 13.6. The maximum atomic E-state index is 13.6. The third-order valence-electron chi connectivity index (χ3n) is 5.74. The Morgan fingerprint density at radius 3 is 2.37 bits per heavy atom. The Kier molecular flexibility index (Phi) is 5.47. The van der Waals surface area contributed by atoms with Crippen LogP contribution in [0.3, 0.4) is 0 Å². The first-order valence-electron chi connectivity index (χ1n) is 9.65. The summed E-state index contributed by atoms with van der Waals surface area (Å²) in [7, 11) is 1.33. The summed E-state index contributed by atoms with van der Waals surface area (Å²) in [6.45, 7) is 0.510. The van der Waals surface area contributed by atoms with E-state index in [9.17, 15) is 14.4 Å². The van der Waals surface area contributed by atoms with Crippen LogP contribution in [0.15, 0.2) is 42.5 Å². The summed E-state index contributed by atoms with van der Waals surface area (Å²) in [4.78, 5) is 41.4. The first-order chi connectivity index (χ1) is 14.4. The summed E-state index contributed by atoms with van der Waals surface area (Å²) in [5, 5.41) is 0.714. The van der Waals surface area contributed by atoms with Crippen LogP contribution in [-0.4, -0.2) is 42.0 Å². The van der Waals surface area contributed by atoms with Crippen LogP contribution in [-0.2, 0) is 16.0 Å². The van der Waals surface area contributed by atoms with Crippen molar-refractivity contribution in [1.29, 1.82) is 0 Å². The number of rotatable bonds is 4. The molecule has 0 radical (unpaired) electrons. The van der Waals surface area contributed by atoms with E-state index < -0.39 is 11.5 Å². The minimum absolute atomic E-state index is 0.275. The maximum Gasteiger partial charge on any atom is 0.337 e. The third kappa shape index (κ3) is 3.44. The van der Waals surface area contributed by atoms with Crippen molar-refractivity contribution in [1.82, 2.24) is 4.90 Å². The zero-order chi connectivity index (χ0) is 21.5. The van der Waals surface area contributed by atoms with E-state index >= 15 is 0 Å². The van der Waals surface area contributed by atoms with Gasteiger partial charge in [0.05, 0.1) is 18.4 Å². The number of anilines is 1. The van der Waals surface area contributed by atoms with Gasteiger partial charge in [0.15, 0.2) is 0 Å². The van der Waals surface area contributed by atoms with Crippen molar-refractivity contribution >= 4 is 46.8 Å². The Hall–Kier alpha value is -2.57. The van der Waals surface area contributed by atoms with E-state index in [4.69, 9.17) is 27.9 Å². The number of piperidine rings is 1. The second-order valence-corrected chi connectivity index (χ2v) is 8.43. The topological polar surface area (TPSA) is 66.9 Å². The van der Waals surface area contributed by atoms with Gasteiger partial charge in [-0.2, -0.15) is 0 Å². The van der Waals surface area contributed by atoms with Gasteiger partial charge in [-0.15, -0.1) is 0 Å². The second-order valence-electron chi connectivity index (χ2n) is 7.56. The Bertz CT molecular complexity index is 1000. The normalized spacial score (nSPS) is 21.0. The number of esters is 1. The smallest absolute Gasteiger partial charge is 0.337 e. The lowest BCUT2D eigenvalue weighted by atomic mass is 9.81. The number of hydrogen-bond acceptors (Lipinski definition) is 4. The first-order valence-corrected chi connectivity index (χ1v) is 10.4. The largest absolute Gasteiger partial charge is 0.465 e. The average Bonchev–Trinajstić information content (AvgIpc) is 2.94. The highest BCUT2D eigenvalue weighted by atomic mass is 35.5. The van der Waals surface area contributed by atoms with Crippen molar-refractivity contribution in [3.63, 3.8) is 0 Å². The molecule has 2 aromatic rings. The third-order valence-corrected chi connectivity index (χ3v) is 6.18.